The molecule has 0 aromatic rings. The van der Waals surface area contributed by atoms with E-state index in [1.54, 1.807) is 0 Å². The molecule has 7 nitrogen and oxygen atoms in total. The Kier molecular flexibility index (Phi) is 6.71. The van der Waals surface area contributed by atoms with E-state index in [9.17, 15) is 9.59 Å². The summed E-state index contributed by atoms with van der Waals surface area (Å²) in [4.78, 5) is 24.4. The summed E-state index contributed by atoms with van der Waals surface area (Å²) in [5.41, 5.74) is 0. The number of amides is 2. The zero-order valence-electron chi connectivity index (χ0n) is 10.7. The molecule has 1 fully saturated rings. The van der Waals surface area contributed by atoms with Crippen LogP contribution in [0.15, 0.2) is 0 Å². The van der Waals surface area contributed by atoms with Gasteiger partial charge in [0.2, 0.25) is 0 Å². The molecule has 1 saturated heterocycles. The van der Waals surface area contributed by atoms with Gasteiger partial charge in [-0.05, 0) is 0 Å². The molecule has 1 heterocycles. The predicted octanol–water partition coefficient (Wildman–Crippen LogP) is -0.906. The second-order valence-corrected chi connectivity index (χ2v) is 4.15. The van der Waals surface area contributed by atoms with E-state index in [4.69, 9.17) is 16.3 Å². The lowest BCUT2D eigenvalue weighted by Gasteiger charge is -2.26. The number of terminal acetylenes is 1. The van der Waals surface area contributed by atoms with E-state index in [1.807, 2.05) is 0 Å². The fourth-order valence-electron chi connectivity index (χ4n) is 1.68. The Morgan fingerprint density at radius 2 is 2.11 bits per heavy atom. The molecule has 1 aliphatic heterocycles. The Balaban J connectivity index is 2.19. The zero-order valence-corrected chi connectivity index (χ0v) is 10.7. The molecule has 0 saturated carbocycles. The van der Waals surface area contributed by atoms with E-state index in [0.29, 0.717) is 26.3 Å². The summed E-state index contributed by atoms with van der Waals surface area (Å²) in [6, 6.07) is -1.57. The lowest BCUT2D eigenvalue weighted by molar-refractivity contribution is -0.139. The van der Waals surface area contributed by atoms with Crippen LogP contribution in [0.5, 0.6) is 0 Å². The first kappa shape index (κ1) is 15.3. The minimum atomic E-state index is -1.14. The van der Waals surface area contributed by atoms with Gasteiger partial charge >= 0.3 is 12.0 Å². The highest BCUT2D eigenvalue weighted by atomic mass is 16.5. The van der Waals surface area contributed by atoms with Crippen molar-refractivity contribution >= 4 is 12.0 Å². The molecular weight excluding hydrogens is 250 g/mol. The van der Waals surface area contributed by atoms with Crippen molar-refractivity contribution in [3.8, 4) is 12.3 Å². The molecule has 7 heteroatoms. The summed E-state index contributed by atoms with van der Waals surface area (Å²) in [5.74, 6) is 1.08. The van der Waals surface area contributed by atoms with Crippen molar-refractivity contribution in [1.29, 1.82) is 0 Å². The minimum absolute atomic E-state index is 0.0355. The summed E-state index contributed by atoms with van der Waals surface area (Å²) in [6.45, 7) is 4.26. The molecule has 1 rings (SSSR count). The fourth-order valence-corrected chi connectivity index (χ4v) is 1.68. The summed E-state index contributed by atoms with van der Waals surface area (Å²) >= 11 is 0. The van der Waals surface area contributed by atoms with Crippen LogP contribution in [-0.4, -0.2) is 67.4 Å². The van der Waals surface area contributed by atoms with Gasteiger partial charge in [-0.2, -0.15) is 0 Å². The van der Waals surface area contributed by atoms with Crippen LogP contribution in [0.1, 0.15) is 6.42 Å². The molecule has 0 spiro atoms. The van der Waals surface area contributed by atoms with Gasteiger partial charge in [-0.15, -0.1) is 12.3 Å². The van der Waals surface area contributed by atoms with Crippen molar-refractivity contribution in [1.82, 2.24) is 15.5 Å². The standard InChI is InChI=1S/C12H19N3O4/c1-2-3-10(11(16)17)14-12(18)13-4-5-15-6-8-19-9-7-15/h1,10H,3-9H2,(H,16,17)(H2,13,14,18). The van der Waals surface area contributed by atoms with E-state index in [-0.39, 0.29) is 6.42 Å². The molecule has 0 aromatic carbocycles. The summed E-state index contributed by atoms with van der Waals surface area (Å²) < 4.78 is 5.21. The highest BCUT2D eigenvalue weighted by molar-refractivity contribution is 5.82. The van der Waals surface area contributed by atoms with Crippen LogP contribution in [0.2, 0.25) is 0 Å². The van der Waals surface area contributed by atoms with Crippen LogP contribution in [-0.2, 0) is 9.53 Å². The number of carboxylic acids is 1. The number of nitrogens with zero attached hydrogens (tertiary/aromatic N) is 1. The van der Waals surface area contributed by atoms with Crippen LogP contribution in [0, 0.1) is 12.3 Å². The Hall–Kier alpha value is -1.78. The Morgan fingerprint density at radius 3 is 2.68 bits per heavy atom. The molecule has 1 atom stereocenters. The monoisotopic (exact) mass is 269 g/mol. The zero-order chi connectivity index (χ0) is 14.1. The fraction of sp³-hybridized carbons (Fsp3) is 0.667. The van der Waals surface area contributed by atoms with Crippen molar-refractivity contribution < 1.29 is 19.4 Å². The minimum Gasteiger partial charge on any atom is -0.480 e. The van der Waals surface area contributed by atoms with Crippen LogP contribution in [0.4, 0.5) is 4.79 Å². The van der Waals surface area contributed by atoms with E-state index in [1.165, 1.54) is 0 Å². The molecule has 0 bridgehead atoms. The second kappa shape index (κ2) is 8.34. The Labute approximate surface area is 112 Å². The smallest absolute Gasteiger partial charge is 0.327 e. The van der Waals surface area contributed by atoms with Gasteiger partial charge in [-0.25, -0.2) is 9.59 Å². The lowest BCUT2D eigenvalue weighted by atomic mass is 10.2. The number of carbonyl (C=O) groups excluding carboxylic acids is 1. The summed E-state index contributed by atoms with van der Waals surface area (Å²) in [7, 11) is 0. The largest absolute Gasteiger partial charge is 0.480 e. The van der Waals surface area contributed by atoms with Gasteiger partial charge in [0, 0.05) is 32.6 Å². The number of ether oxygens (including phenoxy) is 1. The average Bonchev–Trinajstić information content (AvgIpc) is 2.39. The Morgan fingerprint density at radius 1 is 1.42 bits per heavy atom. The SMILES string of the molecule is C#CCC(NC(=O)NCCN1CCOCC1)C(=O)O. The van der Waals surface area contributed by atoms with Crippen LogP contribution < -0.4 is 10.6 Å². The number of hydrogen-bond acceptors (Lipinski definition) is 4. The number of carbonyl (C=O) groups is 2. The number of aliphatic carboxylic acids is 1. The molecule has 0 radical (unpaired) electrons. The molecule has 1 unspecified atom stereocenters. The van der Waals surface area contributed by atoms with Gasteiger partial charge in [-0.3, -0.25) is 4.90 Å². The van der Waals surface area contributed by atoms with Gasteiger partial charge in [0.05, 0.1) is 13.2 Å². The molecule has 19 heavy (non-hydrogen) atoms. The third kappa shape index (κ3) is 6.08. The van der Waals surface area contributed by atoms with E-state index < -0.39 is 18.0 Å². The summed E-state index contributed by atoms with van der Waals surface area (Å²) in [5, 5.41) is 13.8. The predicted molar refractivity (Wildman–Crippen MR) is 68.7 cm³/mol. The summed E-state index contributed by atoms with van der Waals surface area (Å²) in [6.07, 6.45) is 5.00. The molecule has 0 aliphatic carbocycles. The normalized spacial score (nSPS) is 17.2. The first-order valence-corrected chi connectivity index (χ1v) is 6.14. The van der Waals surface area contributed by atoms with Gasteiger partial charge < -0.3 is 20.5 Å². The maximum absolute atomic E-state index is 11.5. The van der Waals surface area contributed by atoms with E-state index >= 15 is 0 Å². The average molecular weight is 269 g/mol. The third-order valence-corrected chi connectivity index (χ3v) is 2.74. The van der Waals surface area contributed by atoms with Crippen molar-refractivity contribution in [2.45, 2.75) is 12.5 Å². The second-order valence-electron chi connectivity index (χ2n) is 4.15. The van der Waals surface area contributed by atoms with Crippen molar-refractivity contribution in [2.24, 2.45) is 0 Å². The first-order valence-electron chi connectivity index (χ1n) is 6.14. The van der Waals surface area contributed by atoms with Gasteiger partial charge in [-0.1, -0.05) is 0 Å². The number of carboxylic acid groups (broad SMARTS) is 1. The highest BCUT2D eigenvalue weighted by Gasteiger charge is 2.18. The van der Waals surface area contributed by atoms with Crippen LogP contribution >= 0.6 is 0 Å². The molecule has 0 aromatic heterocycles. The van der Waals surface area contributed by atoms with E-state index in [2.05, 4.69) is 21.5 Å². The number of nitrogens with one attached hydrogen (secondary N) is 2. The Bertz CT molecular complexity index is 347. The van der Waals surface area contributed by atoms with Crippen molar-refractivity contribution in [3.63, 3.8) is 0 Å². The molecular formula is C12H19N3O4. The molecule has 1 aliphatic rings. The topological polar surface area (TPSA) is 90.9 Å². The third-order valence-electron chi connectivity index (χ3n) is 2.74. The first-order chi connectivity index (χ1) is 9.13. The van der Waals surface area contributed by atoms with Crippen molar-refractivity contribution in [2.75, 3.05) is 39.4 Å². The quantitative estimate of drug-likeness (QED) is 0.543. The van der Waals surface area contributed by atoms with Gasteiger partial charge in [0.15, 0.2) is 0 Å². The van der Waals surface area contributed by atoms with E-state index in [0.717, 1.165) is 13.1 Å². The van der Waals surface area contributed by atoms with Crippen LogP contribution in [0.3, 0.4) is 0 Å². The molecule has 2 amide bonds. The number of morpholine rings is 1. The molecule has 106 valence electrons. The van der Waals surface area contributed by atoms with Crippen molar-refractivity contribution in [3.05, 3.63) is 0 Å². The maximum Gasteiger partial charge on any atom is 0.327 e. The maximum atomic E-state index is 11.5. The van der Waals surface area contributed by atoms with Gasteiger partial charge in [0.1, 0.15) is 6.04 Å². The number of hydrogen-bond donors (Lipinski definition) is 3. The lowest BCUT2D eigenvalue weighted by Crippen LogP contribution is -2.48. The number of rotatable bonds is 6. The van der Waals surface area contributed by atoms with Gasteiger partial charge in [0.25, 0.3) is 0 Å². The highest BCUT2D eigenvalue weighted by Crippen LogP contribution is 1.95. The molecule has 3 N–H and O–H groups in total. The number of urea groups is 1. The van der Waals surface area contributed by atoms with Crippen LogP contribution in [0.25, 0.3) is 0 Å².